The van der Waals surface area contributed by atoms with Gasteiger partial charge in [0, 0.05) is 0 Å². The third-order valence-corrected chi connectivity index (χ3v) is 5.47. The lowest BCUT2D eigenvalue weighted by atomic mass is 9.70. The van der Waals surface area contributed by atoms with Crippen molar-refractivity contribution in [2.75, 3.05) is 6.61 Å². The standard InChI is InChI=1S/C14H24O/c1-10(9-15)5-6-11-7-12-8-14(12,4)13(11,2)3/h5,11-12,15H,6-9H2,1-4H3/b10-5+/t11-,12+,14-/m0/s1. The van der Waals surface area contributed by atoms with E-state index < -0.39 is 0 Å². The van der Waals surface area contributed by atoms with Crippen molar-refractivity contribution in [1.82, 2.24) is 0 Å². The van der Waals surface area contributed by atoms with Crippen LogP contribution in [-0.4, -0.2) is 11.7 Å². The third-order valence-electron chi connectivity index (χ3n) is 5.47. The molecular formula is C14H24O. The number of aliphatic hydroxyl groups excluding tert-OH is 1. The minimum absolute atomic E-state index is 0.216. The monoisotopic (exact) mass is 208 g/mol. The highest BCUT2D eigenvalue weighted by atomic mass is 16.3. The van der Waals surface area contributed by atoms with E-state index in [0.717, 1.165) is 23.8 Å². The van der Waals surface area contributed by atoms with E-state index in [1.54, 1.807) is 0 Å². The third kappa shape index (κ3) is 1.56. The first-order chi connectivity index (χ1) is 6.91. The molecule has 0 aromatic rings. The number of hydrogen-bond acceptors (Lipinski definition) is 1. The second-order valence-corrected chi connectivity index (χ2v) is 6.42. The van der Waals surface area contributed by atoms with E-state index in [-0.39, 0.29) is 6.61 Å². The molecule has 1 heteroatoms. The van der Waals surface area contributed by atoms with Gasteiger partial charge in [-0.2, -0.15) is 0 Å². The Labute approximate surface area is 93.6 Å². The molecule has 0 aliphatic heterocycles. The van der Waals surface area contributed by atoms with Crippen molar-refractivity contribution < 1.29 is 5.11 Å². The molecule has 0 spiro atoms. The quantitative estimate of drug-likeness (QED) is 0.705. The van der Waals surface area contributed by atoms with Crippen LogP contribution in [0.25, 0.3) is 0 Å². The molecule has 15 heavy (non-hydrogen) atoms. The van der Waals surface area contributed by atoms with Crippen LogP contribution < -0.4 is 0 Å². The van der Waals surface area contributed by atoms with Gasteiger partial charge in [0.05, 0.1) is 6.61 Å². The van der Waals surface area contributed by atoms with Gasteiger partial charge in [-0.05, 0) is 48.9 Å². The molecular weight excluding hydrogens is 184 g/mol. The molecule has 0 amide bonds. The minimum Gasteiger partial charge on any atom is -0.392 e. The smallest absolute Gasteiger partial charge is 0.0639 e. The molecule has 1 N–H and O–H groups in total. The van der Waals surface area contributed by atoms with Crippen LogP contribution in [0.3, 0.4) is 0 Å². The van der Waals surface area contributed by atoms with E-state index in [1.165, 1.54) is 12.8 Å². The Kier molecular flexibility index (Phi) is 2.50. The molecule has 2 aliphatic carbocycles. The topological polar surface area (TPSA) is 20.2 Å². The molecule has 0 aromatic heterocycles. The molecule has 86 valence electrons. The summed E-state index contributed by atoms with van der Waals surface area (Å²) in [6.45, 7) is 9.57. The highest BCUT2D eigenvalue weighted by Crippen LogP contribution is 2.74. The molecule has 2 fully saturated rings. The van der Waals surface area contributed by atoms with Crippen LogP contribution >= 0.6 is 0 Å². The van der Waals surface area contributed by atoms with Gasteiger partial charge in [0.1, 0.15) is 0 Å². The fourth-order valence-electron chi connectivity index (χ4n) is 3.49. The van der Waals surface area contributed by atoms with E-state index in [9.17, 15) is 0 Å². The Hall–Kier alpha value is -0.300. The van der Waals surface area contributed by atoms with E-state index >= 15 is 0 Å². The van der Waals surface area contributed by atoms with E-state index in [2.05, 4.69) is 26.8 Å². The zero-order chi connectivity index (χ0) is 11.3. The van der Waals surface area contributed by atoms with Crippen molar-refractivity contribution in [3.05, 3.63) is 11.6 Å². The van der Waals surface area contributed by atoms with E-state index in [1.807, 2.05) is 6.92 Å². The summed E-state index contributed by atoms with van der Waals surface area (Å²) < 4.78 is 0. The molecule has 2 saturated carbocycles. The van der Waals surface area contributed by atoms with Crippen LogP contribution in [0.4, 0.5) is 0 Å². The first-order valence-corrected chi connectivity index (χ1v) is 6.18. The molecule has 0 saturated heterocycles. The highest BCUT2D eigenvalue weighted by Gasteiger charge is 2.66. The average Bonchev–Trinajstić information content (AvgIpc) is 2.80. The van der Waals surface area contributed by atoms with Gasteiger partial charge in [-0.25, -0.2) is 0 Å². The van der Waals surface area contributed by atoms with Crippen molar-refractivity contribution in [2.24, 2.45) is 22.7 Å². The average molecular weight is 208 g/mol. The van der Waals surface area contributed by atoms with Gasteiger partial charge in [-0.15, -0.1) is 0 Å². The lowest BCUT2D eigenvalue weighted by Gasteiger charge is -2.35. The fourth-order valence-corrected chi connectivity index (χ4v) is 3.49. The van der Waals surface area contributed by atoms with Crippen LogP contribution in [0.1, 0.15) is 47.0 Å². The summed E-state index contributed by atoms with van der Waals surface area (Å²) in [5.74, 6) is 1.81. The predicted octanol–water partition coefficient (Wildman–Crippen LogP) is 3.39. The Morgan fingerprint density at radius 3 is 2.53 bits per heavy atom. The fraction of sp³-hybridized carbons (Fsp3) is 0.857. The normalized spacial score (nSPS) is 42.9. The van der Waals surface area contributed by atoms with Crippen molar-refractivity contribution in [2.45, 2.75) is 47.0 Å². The van der Waals surface area contributed by atoms with Gasteiger partial charge in [0.15, 0.2) is 0 Å². The predicted molar refractivity (Wildman–Crippen MR) is 63.6 cm³/mol. The van der Waals surface area contributed by atoms with Crippen LogP contribution in [0.5, 0.6) is 0 Å². The summed E-state index contributed by atoms with van der Waals surface area (Å²) in [5, 5.41) is 8.98. The second kappa shape index (κ2) is 3.35. The number of fused-ring (bicyclic) bond motifs is 1. The Bertz CT molecular complexity index is 290. The summed E-state index contributed by atoms with van der Waals surface area (Å²) in [6.07, 6.45) is 6.24. The molecule has 0 bridgehead atoms. The van der Waals surface area contributed by atoms with E-state index in [0.29, 0.717) is 10.8 Å². The van der Waals surface area contributed by atoms with Crippen LogP contribution in [0, 0.1) is 22.7 Å². The SMILES string of the molecule is C/C(=C\C[C@H]1C[C@@H]2C[C@]2(C)C1(C)C)CO. The van der Waals surface area contributed by atoms with Crippen LogP contribution in [0.2, 0.25) is 0 Å². The highest BCUT2D eigenvalue weighted by molar-refractivity contribution is 5.17. The lowest BCUT2D eigenvalue weighted by Crippen LogP contribution is -2.27. The summed E-state index contributed by atoms with van der Waals surface area (Å²) in [5.41, 5.74) is 2.24. The first kappa shape index (κ1) is 11.2. The van der Waals surface area contributed by atoms with E-state index in [4.69, 9.17) is 5.11 Å². The maximum absolute atomic E-state index is 8.98. The maximum Gasteiger partial charge on any atom is 0.0639 e. The van der Waals surface area contributed by atoms with Crippen LogP contribution in [0.15, 0.2) is 11.6 Å². The number of aliphatic hydroxyl groups is 1. The maximum atomic E-state index is 8.98. The van der Waals surface area contributed by atoms with Gasteiger partial charge < -0.3 is 5.11 Å². The largest absolute Gasteiger partial charge is 0.392 e. The van der Waals surface area contributed by atoms with Crippen molar-refractivity contribution in [1.29, 1.82) is 0 Å². The molecule has 2 rings (SSSR count). The van der Waals surface area contributed by atoms with Gasteiger partial charge in [0.25, 0.3) is 0 Å². The summed E-state index contributed by atoms with van der Waals surface area (Å²) >= 11 is 0. The van der Waals surface area contributed by atoms with Crippen molar-refractivity contribution >= 4 is 0 Å². The van der Waals surface area contributed by atoms with Crippen LogP contribution in [-0.2, 0) is 0 Å². The first-order valence-electron chi connectivity index (χ1n) is 6.18. The summed E-state index contributed by atoms with van der Waals surface area (Å²) in [4.78, 5) is 0. The number of rotatable bonds is 3. The summed E-state index contributed by atoms with van der Waals surface area (Å²) in [6, 6.07) is 0. The minimum atomic E-state index is 0.216. The molecule has 0 unspecified atom stereocenters. The molecule has 0 aromatic carbocycles. The van der Waals surface area contributed by atoms with Gasteiger partial charge >= 0.3 is 0 Å². The van der Waals surface area contributed by atoms with Gasteiger partial charge in [-0.3, -0.25) is 0 Å². The number of hydrogen-bond donors (Lipinski definition) is 1. The molecule has 0 radical (unpaired) electrons. The van der Waals surface area contributed by atoms with Gasteiger partial charge in [-0.1, -0.05) is 32.4 Å². The van der Waals surface area contributed by atoms with Crippen molar-refractivity contribution in [3.63, 3.8) is 0 Å². The summed E-state index contributed by atoms with van der Waals surface area (Å²) in [7, 11) is 0. The Morgan fingerprint density at radius 2 is 2.07 bits per heavy atom. The zero-order valence-corrected chi connectivity index (χ0v) is 10.5. The van der Waals surface area contributed by atoms with Gasteiger partial charge in [0.2, 0.25) is 0 Å². The lowest BCUT2D eigenvalue weighted by molar-refractivity contribution is 0.150. The zero-order valence-electron chi connectivity index (χ0n) is 10.5. The molecule has 3 atom stereocenters. The molecule has 0 heterocycles. The van der Waals surface area contributed by atoms with Crippen molar-refractivity contribution in [3.8, 4) is 0 Å². The Morgan fingerprint density at radius 1 is 1.40 bits per heavy atom. The Balaban J connectivity index is 2.02. The molecule has 1 nitrogen and oxygen atoms in total. The second-order valence-electron chi connectivity index (χ2n) is 6.42. The number of allylic oxidation sites excluding steroid dienone is 1. The molecule has 2 aliphatic rings.